The van der Waals surface area contributed by atoms with Crippen molar-refractivity contribution in [3.05, 3.63) is 58.3 Å². The lowest BCUT2D eigenvalue weighted by Gasteiger charge is -2.08. The molecule has 0 saturated heterocycles. The maximum Gasteiger partial charge on any atom is 0.253 e. The molecule has 6 nitrogen and oxygen atoms in total. The minimum atomic E-state index is -0.353. The maximum absolute atomic E-state index is 12.0. The largest absolute Gasteiger partial charge is 0.325 e. The van der Waals surface area contributed by atoms with Crippen LogP contribution < -0.4 is 10.9 Å². The molecule has 1 N–H and O–H groups in total. The Balaban J connectivity index is 2.09. The average molecular weight is 299 g/mol. The molecule has 0 aliphatic heterocycles. The van der Waals surface area contributed by atoms with Gasteiger partial charge < -0.3 is 5.32 Å². The highest BCUT2D eigenvalue weighted by molar-refractivity contribution is 5.97. The van der Waals surface area contributed by atoms with E-state index >= 15 is 0 Å². The second-order valence-electron chi connectivity index (χ2n) is 4.89. The number of rotatable bonds is 5. The van der Waals surface area contributed by atoms with Crippen molar-refractivity contribution in [2.75, 3.05) is 5.32 Å². The Morgan fingerprint density at radius 3 is 2.68 bits per heavy atom. The number of benzene rings is 1. The first-order chi connectivity index (χ1) is 10.5. The SMILES string of the molecule is CCc1cc(=O)n(CC(=O)Nc2cccc(C(C)=O)c2)cn1. The molecule has 22 heavy (non-hydrogen) atoms. The van der Waals surface area contributed by atoms with Gasteiger partial charge in [0.15, 0.2) is 5.78 Å². The van der Waals surface area contributed by atoms with Crippen molar-refractivity contribution in [2.45, 2.75) is 26.8 Å². The van der Waals surface area contributed by atoms with Crippen LogP contribution in [0.1, 0.15) is 29.9 Å². The number of aryl methyl sites for hydroxylation is 1. The van der Waals surface area contributed by atoms with Gasteiger partial charge in [-0.05, 0) is 25.5 Å². The van der Waals surface area contributed by atoms with E-state index in [1.165, 1.54) is 23.9 Å². The molecule has 0 aliphatic rings. The predicted octanol–water partition coefficient (Wildman–Crippen LogP) is 1.65. The summed E-state index contributed by atoms with van der Waals surface area (Å²) in [5.74, 6) is -0.430. The molecule has 0 aliphatic carbocycles. The highest BCUT2D eigenvalue weighted by Gasteiger charge is 2.07. The normalized spacial score (nSPS) is 10.3. The van der Waals surface area contributed by atoms with Crippen LogP contribution in [0, 0.1) is 0 Å². The molecule has 2 aromatic rings. The summed E-state index contributed by atoms with van der Waals surface area (Å²) in [6.07, 6.45) is 2.03. The second kappa shape index (κ2) is 6.80. The molecule has 114 valence electrons. The number of nitrogens with one attached hydrogen (secondary N) is 1. The Kier molecular flexibility index (Phi) is 4.83. The third-order valence-electron chi connectivity index (χ3n) is 3.17. The molecule has 0 atom stereocenters. The molecule has 0 radical (unpaired) electrons. The van der Waals surface area contributed by atoms with Crippen molar-refractivity contribution in [1.29, 1.82) is 0 Å². The standard InChI is InChI=1S/C16H17N3O3/c1-3-13-8-16(22)19(10-17-13)9-15(21)18-14-6-4-5-12(7-14)11(2)20/h4-8,10H,3,9H2,1-2H3,(H,18,21). The fourth-order valence-corrected chi connectivity index (χ4v) is 1.95. The van der Waals surface area contributed by atoms with Crippen molar-refractivity contribution in [3.8, 4) is 0 Å². The van der Waals surface area contributed by atoms with E-state index in [1.54, 1.807) is 24.3 Å². The van der Waals surface area contributed by atoms with Crippen LogP contribution in [0.25, 0.3) is 0 Å². The van der Waals surface area contributed by atoms with E-state index < -0.39 is 0 Å². The van der Waals surface area contributed by atoms with Crippen LogP contribution >= 0.6 is 0 Å². The Morgan fingerprint density at radius 2 is 2.05 bits per heavy atom. The highest BCUT2D eigenvalue weighted by Crippen LogP contribution is 2.11. The third-order valence-corrected chi connectivity index (χ3v) is 3.17. The monoisotopic (exact) mass is 299 g/mol. The quantitative estimate of drug-likeness (QED) is 0.851. The van der Waals surface area contributed by atoms with E-state index in [0.29, 0.717) is 23.4 Å². The maximum atomic E-state index is 12.0. The lowest BCUT2D eigenvalue weighted by atomic mass is 10.1. The van der Waals surface area contributed by atoms with E-state index in [0.717, 1.165) is 0 Å². The molecule has 2 rings (SSSR count). The van der Waals surface area contributed by atoms with Gasteiger partial charge in [0.25, 0.3) is 5.56 Å². The molecule has 1 heterocycles. The highest BCUT2D eigenvalue weighted by atomic mass is 16.2. The average Bonchev–Trinajstić information content (AvgIpc) is 2.49. The van der Waals surface area contributed by atoms with Gasteiger partial charge in [-0.25, -0.2) is 4.98 Å². The van der Waals surface area contributed by atoms with Crippen molar-refractivity contribution in [3.63, 3.8) is 0 Å². The fraction of sp³-hybridized carbons (Fsp3) is 0.250. The van der Waals surface area contributed by atoms with Gasteiger partial charge in [-0.2, -0.15) is 0 Å². The number of ketones is 1. The molecule has 1 aromatic carbocycles. The molecule has 0 saturated carbocycles. The summed E-state index contributed by atoms with van der Waals surface area (Å²) in [7, 11) is 0. The number of carbonyl (C=O) groups excluding carboxylic acids is 2. The van der Waals surface area contributed by atoms with E-state index in [-0.39, 0.29) is 23.8 Å². The zero-order chi connectivity index (χ0) is 16.1. The van der Waals surface area contributed by atoms with Crippen LogP contribution in [0.5, 0.6) is 0 Å². The molecular formula is C16H17N3O3. The number of Topliss-reactive ketones (excluding diaryl/α,β-unsaturated/α-hetero) is 1. The second-order valence-corrected chi connectivity index (χ2v) is 4.89. The fourth-order valence-electron chi connectivity index (χ4n) is 1.95. The van der Waals surface area contributed by atoms with Crippen LogP contribution in [0.15, 0.2) is 41.5 Å². The Morgan fingerprint density at radius 1 is 1.27 bits per heavy atom. The smallest absolute Gasteiger partial charge is 0.253 e. The number of hydrogen-bond donors (Lipinski definition) is 1. The predicted molar refractivity (Wildman–Crippen MR) is 83.0 cm³/mol. The molecule has 0 spiro atoms. The summed E-state index contributed by atoms with van der Waals surface area (Å²) in [5, 5.41) is 2.66. The number of hydrogen-bond acceptors (Lipinski definition) is 4. The van der Waals surface area contributed by atoms with Crippen LogP contribution in [0.2, 0.25) is 0 Å². The van der Waals surface area contributed by atoms with E-state index in [4.69, 9.17) is 0 Å². The minimum Gasteiger partial charge on any atom is -0.325 e. The van der Waals surface area contributed by atoms with E-state index in [2.05, 4.69) is 10.3 Å². The number of amides is 1. The summed E-state index contributed by atoms with van der Waals surface area (Å²) in [5.41, 5.74) is 1.46. The molecular weight excluding hydrogens is 282 g/mol. The molecule has 0 bridgehead atoms. The van der Waals surface area contributed by atoms with Gasteiger partial charge in [-0.1, -0.05) is 19.1 Å². The number of aromatic nitrogens is 2. The third kappa shape index (κ3) is 3.88. The number of anilines is 1. The Bertz CT molecular complexity index is 765. The van der Waals surface area contributed by atoms with Crippen LogP contribution in [0.4, 0.5) is 5.69 Å². The minimum absolute atomic E-state index is 0.0772. The summed E-state index contributed by atoms with van der Waals surface area (Å²) < 4.78 is 1.24. The van der Waals surface area contributed by atoms with Gasteiger partial charge >= 0.3 is 0 Å². The van der Waals surface area contributed by atoms with Gasteiger partial charge in [-0.15, -0.1) is 0 Å². The van der Waals surface area contributed by atoms with Crippen LogP contribution in [-0.4, -0.2) is 21.2 Å². The van der Waals surface area contributed by atoms with Gasteiger partial charge in [0.2, 0.25) is 5.91 Å². The number of nitrogens with zero attached hydrogens (tertiary/aromatic N) is 2. The molecule has 6 heteroatoms. The number of carbonyl (C=O) groups is 2. The van der Waals surface area contributed by atoms with Crippen molar-refractivity contribution < 1.29 is 9.59 Å². The summed E-state index contributed by atoms with van der Waals surface area (Å²) in [6.45, 7) is 3.24. The van der Waals surface area contributed by atoms with Crippen molar-refractivity contribution >= 4 is 17.4 Å². The van der Waals surface area contributed by atoms with E-state index in [9.17, 15) is 14.4 Å². The van der Waals surface area contributed by atoms with Gasteiger partial charge in [0.1, 0.15) is 6.54 Å². The summed E-state index contributed by atoms with van der Waals surface area (Å²) in [4.78, 5) is 39.2. The van der Waals surface area contributed by atoms with Crippen molar-refractivity contribution in [1.82, 2.24) is 9.55 Å². The zero-order valence-electron chi connectivity index (χ0n) is 12.5. The lowest BCUT2D eigenvalue weighted by Crippen LogP contribution is -2.27. The van der Waals surface area contributed by atoms with Crippen LogP contribution in [-0.2, 0) is 17.8 Å². The summed E-state index contributed by atoms with van der Waals surface area (Å²) >= 11 is 0. The Labute approximate surface area is 127 Å². The van der Waals surface area contributed by atoms with Crippen LogP contribution in [0.3, 0.4) is 0 Å². The first kappa shape index (κ1) is 15.6. The molecule has 0 unspecified atom stereocenters. The first-order valence-corrected chi connectivity index (χ1v) is 6.96. The van der Waals surface area contributed by atoms with Gasteiger partial charge in [0, 0.05) is 23.0 Å². The summed E-state index contributed by atoms with van der Waals surface area (Å²) in [6, 6.07) is 8.07. The van der Waals surface area contributed by atoms with Gasteiger partial charge in [0.05, 0.1) is 6.33 Å². The molecule has 1 aromatic heterocycles. The topological polar surface area (TPSA) is 81.1 Å². The van der Waals surface area contributed by atoms with E-state index in [1.807, 2.05) is 6.92 Å². The van der Waals surface area contributed by atoms with Crippen molar-refractivity contribution in [2.24, 2.45) is 0 Å². The lowest BCUT2D eigenvalue weighted by molar-refractivity contribution is -0.116. The molecule has 1 amide bonds. The zero-order valence-corrected chi connectivity index (χ0v) is 12.5. The molecule has 0 fully saturated rings. The Hall–Kier alpha value is -2.76. The van der Waals surface area contributed by atoms with Gasteiger partial charge in [-0.3, -0.25) is 19.0 Å². The first-order valence-electron chi connectivity index (χ1n) is 6.96.